The van der Waals surface area contributed by atoms with Gasteiger partial charge in [0, 0.05) is 63.3 Å². The fourth-order valence-electron chi connectivity index (χ4n) is 3.88. The summed E-state index contributed by atoms with van der Waals surface area (Å²) in [7, 11) is -3.60. The van der Waals surface area contributed by atoms with Crippen LogP contribution in [0, 0.1) is 10.1 Å². The number of aromatic nitrogens is 2. The van der Waals surface area contributed by atoms with Gasteiger partial charge >= 0.3 is 0 Å². The van der Waals surface area contributed by atoms with E-state index in [1.807, 2.05) is 0 Å². The van der Waals surface area contributed by atoms with Crippen molar-refractivity contribution in [3.63, 3.8) is 0 Å². The number of amides is 1. The van der Waals surface area contributed by atoms with Crippen LogP contribution in [0.3, 0.4) is 0 Å². The van der Waals surface area contributed by atoms with Gasteiger partial charge in [-0.3, -0.25) is 14.9 Å². The first-order valence-corrected chi connectivity index (χ1v) is 11.6. The standard InChI is InChI=1S/C19H24N6O5S/c26-19(14-21-13-18(20-15-21)31(29,30)24-7-1-2-8-24)23-11-9-22(10-12-23)16-3-5-17(6-4-16)25(27)28/h3-6,13,15H,1-2,7-12,14H2. The lowest BCUT2D eigenvalue weighted by Gasteiger charge is -2.36. The monoisotopic (exact) mass is 448 g/mol. The highest BCUT2D eigenvalue weighted by atomic mass is 32.2. The summed E-state index contributed by atoms with van der Waals surface area (Å²) in [6, 6.07) is 6.37. The highest BCUT2D eigenvalue weighted by molar-refractivity contribution is 7.89. The molecule has 2 aromatic rings. The molecule has 1 aromatic heterocycles. The van der Waals surface area contributed by atoms with E-state index < -0.39 is 14.9 Å². The van der Waals surface area contributed by atoms with Gasteiger partial charge in [0.15, 0.2) is 5.03 Å². The van der Waals surface area contributed by atoms with Crippen LogP contribution in [0.4, 0.5) is 11.4 Å². The summed E-state index contributed by atoms with van der Waals surface area (Å²) in [4.78, 5) is 30.8. The normalized spacial score (nSPS) is 17.8. The van der Waals surface area contributed by atoms with E-state index in [1.54, 1.807) is 17.0 Å². The van der Waals surface area contributed by atoms with Crippen LogP contribution < -0.4 is 4.90 Å². The number of hydrogen-bond donors (Lipinski definition) is 0. The van der Waals surface area contributed by atoms with Gasteiger partial charge in [0.1, 0.15) is 6.54 Å². The smallest absolute Gasteiger partial charge is 0.269 e. The lowest BCUT2D eigenvalue weighted by Crippen LogP contribution is -2.49. The number of benzene rings is 1. The Kier molecular flexibility index (Phi) is 5.92. The quantitative estimate of drug-likeness (QED) is 0.476. The minimum atomic E-state index is -3.60. The number of anilines is 1. The van der Waals surface area contributed by atoms with E-state index in [-0.39, 0.29) is 23.2 Å². The molecule has 4 rings (SSSR count). The second kappa shape index (κ2) is 8.63. The minimum absolute atomic E-state index is 0.0230. The van der Waals surface area contributed by atoms with Crippen LogP contribution in [0.5, 0.6) is 0 Å². The van der Waals surface area contributed by atoms with Gasteiger partial charge in [0.25, 0.3) is 15.7 Å². The lowest BCUT2D eigenvalue weighted by molar-refractivity contribution is -0.384. The summed E-state index contributed by atoms with van der Waals surface area (Å²) in [5.41, 5.74) is 0.924. The maximum Gasteiger partial charge on any atom is 0.269 e. The summed E-state index contributed by atoms with van der Waals surface area (Å²) in [5, 5.41) is 10.8. The Morgan fingerprint density at radius 2 is 1.68 bits per heavy atom. The molecular formula is C19H24N6O5S. The topological polar surface area (TPSA) is 122 Å². The van der Waals surface area contributed by atoms with E-state index in [9.17, 15) is 23.3 Å². The van der Waals surface area contributed by atoms with Crippen LogP contribution in [0.15, 0.2) is 41.8 Å². The van der Waals surface area contributed by atoms with Gasteiger partial charge in [-0.25, -0.2) is 13.4 Å². The first kappa shape index (κ1) is 21.2. The van der Waals surface area contributed by atoms with E-state index >= 15 is 0 Å². The molecule has 0 atom stereocenters. The number of carbonyl (C=O) groups is 1. The number of sulfonamides is 1. The Hall–Kier alpha value is -2.99. The predicted molar refractivity (Wildman–Crippen MR) is 112 cm³/mol. The molecular weight excluding hydrogens is 424 g/mol. The second-order valence-corrected chi connectivity index (χ2v) is 9.52. The van der Waals surface area contributed by atoms with Crippen LogP contribution >= 0.6 is 0 Å². The van der Waals surface area contributed by atoms with Crippen molar-refractivity contribution in [3.8, 4) is 0 Å². The van der Waals surface area contributed by atoms with Crippen molar-refractivity contribution in [1.82, 2.24) is 18.8 Å². The van der Waals surface area contributed by atoms with E-state index in [2.05, 4.69) is 9.88 Å². The Morgan fingerprint density at radius 1 is 1.03 bits per heavy atom. The van der Waals surface area contributed by atoms with Crippen molar-refractivity contribution in [2.45, 2.75) is 24.4 Å². The first-order valence-electron chi connectivity index (χ1n) is 10.1. The molecule has 0 bridgehead atoms. The fraction of sp³-hybridized carbons (Fsp3) is 0.474. The number of rotatable bonds is 6. The maximum atomic E-state index is 12.7. The molecule has 3 heterocycles. The fourth-order valence-corrected chi connectivity index (χ4v) is 5.33. The number of hydrogen-bond acceptors (Lipinski definition) is 7. The Balaban J connectivity index is 1.32. The largest absolute Gasteiger partial charge is 0.368 e. The Labute approximate surface area is 180 Å². The molecule has 1 aromatic carbocycles. The Bertz CT molecular complexity index is 1050. The molecule has 31 heavy (non-hydrogen) atoms. The molecule has 0 aliphatic carbocycles. The molecule has 2 fully saturated rings. The van der Waals surface area contributed by atoms with Gasteiger partial charge in [-0.05, 0) is 25.0 Å². The molecule has 2 aliphatic rings. The zero-order valence-corrected chi connectivity index (χ0v) is 17.8. The summed E-state index contributed by atoms with van der Waals surface area (Å²) >= 11 is 0. The number of nitrogens with zero attached hydrogens (tertiary/aromatic N) is 6. The molecule has 0 unspecified atom stereocenters. The van der Waals surface area contributed by atoms with Crippen molar-refractivity contribution in [3.05, 3.63) is 46.9 Å². The number of non-ortho nitro benzene ring substituents is 1. The zero-order chi connectivity index (χ0) is 22.0. The predicted octanol–water partition coefficient (Wildman–Crippen LogP) is 0.925. The van der Waals surface area contributed by atoms with Crippen molar-refractivity contribution < 1.29 is 18.1 Å². The van der Waals surface area contributed by atoms with Crippen molar-refractivity contribution in [1.29, 1.82) is 0 Å². The number of carbonyl (C=O) groups excluding carboxylic acids is 1. The highest BCUT2D eigenvalue weighted by Crippen LogP contribution is 2.21. The van der Waals surface area contributed by atoms with E-state index in [0.29, 0.717) is 39.3 Å². The number of piperazine rings is 1. The first-order chi connectivity index (χ1) is 14.8. The zero-order valence-electron chi connectivity index (χ0n) is 17.0. The van der Waals surface area contributed by atoms with Gasteiger partial charge < -0.3 is 14.4 Å². The van der Waals surface area contributed by atoms with Crippen molar-refractivity contribution >= 4 is 27.3 Å². The molecule has 0 N–H and O–H groups in total. The average Bonchev–Trinajstić information content (AvgIpc) is 3.47. The SMILES string of the molecule is O=C(Cn1cnc(S(=O)(=O)N2CCCC2)c1)N1CCN(c2ccc([N+](=O)[O-])cc2)CC1. The molecule has 12 heteroatoms. The number of imidazole rings is 1. The van der Waals surface area contributed by atoms with Gasteiger partial charge in [-0.1, -0.05) is 0 Å². The minimum Gasteiger partial charge on any atom is -0.368 e. The molecule has 0 saturated carbocycles. The molecule has 0 radical (unpaired) electrons. The van der Waals surface area contributed by atoms with E-state index in [0.717, 1.165) is 18.5 Å². The van der Waals surface area contributed by atoms with Crippen molar-refractivity contribution in [2.75, 3.05) is 44.2 Å². The molecule has 2 aliphatic heterocycles. The third-order valence-electron chi connectivity index (χ3n) is 5.65. The maximum absolute atomic E-state index is 12.7. The summed E-state index contributed by atoms with van der Waals surface area (Å²) in [6.07, 6.45) is 4.50. The summed E-state index contributed by atoms with van der Waals surface area (Å²) in [6.45, 7) is 3.30. The van der Waals surface area contributed by atoms with Gasteiger partial charge in [-0.2, -0.15) is 4.31 Å². The number of nitro groups is 1. The molecule has 11 nitrogen and oxygen atoms in total. The van der Waals surface area contributed by atoms with E-state index in [1.165, 1.54) is 33.5 Å². The summed E-state index contributed by atoms with van der Waals surface area (Å²) < 4.78 is 28.1. The van der Waals surface area contributed by atoms with Gasteiger partial charge in [0.05, 0.1) is 11.3 Å². The van der Waals surface area contributed by atoms with E-state index in [4.69, 9.17) is 0 Å². The third-order valence-corrected chi connectivity index (χ3v) is 7.44. The van der Waals surface area contributed by atoms with Gasteiger partial charge in [-0.15, -0.1) is 0 Å². The van der Waals surface area contributed by atoms with Crippen LogP contribution in [0.25, 0.3) is 0 Å². The Morgan fingerprint density at radius 3 is 2.29 bits per heavy atom. The molecule has 0 spiro atoms. The number of nitro benzene ring substituents is 1. The second-order valence-electron chi connectivity index (χ2n) is 7.64. The van der Waals surface area contributed by atoms with Crippen LogP contribution in [0.1, 0.15) is 12.8 Å². The van der Waals surface area contributed by atoms with Crippen LogP contribution in [-0.4, -0.2) is 77.3 Å². The van der Waals surface area contributed by atoms with Crippen LogP contribution in [-0.2, 0) is 21.4 Å². The van der Waals surface area contributed by atoms with Crippen LogP contribution in [0.2, 0.25) is 0 Å². The molecule has 1 amide bonds. The average molecular weight is 449 g/mol. The van der Waals surface area contributed by atoms with Gasteiger partial charge in [0.2, 0.25) is 5.91 Å². The lowest BCUT2D eigenvalue weighted by atomic mass is 10.2. The highest BCUT2D eigenvalue weighted by Gasteiger charge is 2.29. The molecule has 166 valence electrons. The summed E-state index contributed by atoms with van der Waals surface area (Å²) in [5.74, 6) is -0.106. The molecule has 2 saturated heterocycles. The third kappa shape index (κ3) is 4.54. The van der Waals surface area contributed by atoms with Crippen molar-refractivity contribution in [2.24, 2.45) is 0 Å².